The van der Waals surface area contributed by atoms with Gasteiger partial charge in [0.25, 0.3) is 5.91 Å². The SMILES string of the molecule is CCCNC(=O)COC(=O)c1ccc(Cl)c(S(N)(=O)=O)c1. The second-order valence-corrected chi connectivity index (χ2v) is 6.05. The molecule has 0 saturated heterocycles. The molecule has 0 heterocycles. The Hall–Kier alpha value is -1.64. The van der Waals surface area contributed by atoms with Gasteiger partial charge in [0.15, 0.2) is 6.61 Å². The Morgan fingerprint density at radius 1 is 1.38 bits per heavy atom. The van der Waals surface area contributed by atoms with E-state index in [1.165, 1.54) is 12.1 Å². The van der Waals surface area contributed by atoms with E-state index in [2.05, 4.69) is 5.32 Å². The summed E-state index contributed by atoms with van der Waals surface area (Å²) in [5.74, 6) is -1.28. The van der Waals surface area contributed by atoms with Gasteiger partial charge in [-0.1, -0.05) is 18.5 Å². The van der Waals surface area contributed by atoms with Crippen molar-refractivity contribution in [1.82, 2.24) is 5.32 Å². The number of carbonyl (C=O) groups excluding carboxylic acids is 2. The molecule has 0 aromatic heterocycles. The van der Waals surface area contributed by atoms with Crippen LogP contribution in [0, 0.1) is 0 Å². The van der Waals surface area contributed by atoms with Crippen molar-refractivity contribution in [2.75, 3.05) is 13.2 Å². The van der Waals surface area contributed by atoms with Gasteiger partial charge in [0.1, 0.15) is 4.90 Å². The number of hydrogen-bond donors (Lipinski definition) is 2. The third kappa shape index (κ3) is 5.33. The van der Waals surface area contributed by atoms with Crippen molar-refractivity contribution in [3.8, 4) is 0 Å². The third-order valence-corrected chi connectivity index (χ3v) is 3.77. The standard InChI is InChI=1S/C12H15ClN2O5S/c1-2-5-15-11(16)7-20-12(17)8-3-4-9(13)10(6-8)21(14,18)19/h3-4,6H,2,5,7H2,1H3,(H,15,16)(H2,14,18,19). The van der Waals surface area contributed by atoms with Gasteiger partial charge in [-0.25, -0.2) is 18.4 Å². The van der Waals surface area contributed by atoms with Crippen LogP contribution in [0.15, 0.2) is 23.1 Å². The van der Waals surface area contributed by atoms with E-state index >= 15 is 0 Å². The van der Waals surface area contributed by atoms with Gasteiger partial charge in [0, 0.05) is 6.54 Å². The monoisotopic (exact) mass is 334 g/mol. The Morgan fingerprint density at radius 2 is 2.05 bits per heavy atom. The molecule has 0 radical (unpaired) electrons. The summed E-state index contributed by atoms with van der Waals surface area (Å²) in [6.45, 7) is 1.91. The summed E-state index contributed by atoms with van der Waals surface area (Å²) in [4.78, 5) is 22.6. The van der Waals surface area contributed by atoms with Crippen LogP contribution < -0.4 is 10.5 Å². The van der Waals surface area contributed by atoms with E-state index in [1.807, 2.05) is 6.92 Å². The maximum atomic E-state index is 11.7. The second kappa shape index (κ2) is 7.39. The van der Waals surface area contributed by atoms with E-state index in [-0.39, 0.29) is 15.5 Å². The number of carbonyl (C=O) groups is 2. The van der Waals surface area contributed by atoms with E-state index in [1.54, 1.807) is 0 Å². The summed E-state index contributed by atoms with van der Waals surface area (Å²) >= 11 is 5.69. The molecule has 9 heteroatoms. The summed E-state index contributed by atoms with van der Waals surface area (Å²) in [6, 6.07) is 3.50. The fourth-order valence-corrected chi connectivity index (χ4v) is 2.45. The minimum absolute atomic E-state index is 0.0632. The first-order valence-corrected chi connectivity index (χ1v) is 7.94. The lowest BCUT2D eigenvalue weighted by molar-refractivity contribution is -0.124. The lowest BCUT2D eigenvalue weighted by Gasteiger charge is -2.07. The smallest absolute Gasteiger partial charge is 0.338 e. The number of sulfonamides is 1. The molecule has 0 aliphatic heterocycles. The van der Waals surface area contributed by atoms with Gasteiger partial charge in [-0.15, -0.1) is 0 Å². The molecule has 1 amide bonds. The van der Waals surface area contributed by atoms with Gasteiger partial charge in [-0.3, -0.25) is 4.79 Å². The van der Waals surface area contributed by atoms with Crippen LogP contribution in [0.4, 0.5) is 0 Å². The summed E-state index contributed by atoms with van der Waals surface area (Å²) in [5, 5.41) is 7.40. The van der Waals surface area contributed by atoms with Gasteiger partial charge < -0.3 is 10.1 Å². The average Bonchev–Trinajstić information content (AvgIpc) is 2.41. The first-order valence-electron chi connectivity index (χ1n) is 6.02. The Morgan fingerprint density at radius 3 is 2.62 bits per heavy atom. The molecule has 0 atom stereocenters. The second-order valence-electron chi connectivity index (χ2n) is 4.12. The molecule has 1 aromatic rings. The summed E-state index contributed by atoms with van der Waals surface area (Å²) in [6.07, 6.45) is 0.759. The van der Waals surface area contributed by atoms with Gasteiger partial charge in [-0.2, -0.15) is 0 Å². The Labute approximate surface area is 127 Å². The number of rotatable bonds is 6. The predicted octanol–water partition coefficient (Wildman–Crippen LogP) is 0.670. The molecule has 7 nitrogen and oxygen atoms in total. The van der Waals surface area contributed by atoms with Crippen molar-refractivity contribution in [1.29, 1.82) is 0 Å². The highest BCUT2D eigenvalue weighted by Gasteiger charge is 2.17. The van der Waals surface area contributed by atoms with Gasteiger partial charge in [0.05, 0.1) is 10.6 Å². The minimum atomic E-state index is -4.05. The van der Waals surface area contributed by atoms with Crippen LogP contribution in [0.2, 0.25) is 5.02 Å². The van der Waals surface area contributed by atoms with Crippen LogP contribution in [-0.4, -0.2) is 33.4 Å². The van der Waals surface area contributed by atoms with Gasteiger partial charge in [-0.05, 0) is 24.6 Å². The van der Waals surface area contributed by atoms with Crippen molar-refractivity contribution >= 4 is 33.5 Å². The highest BCUT2D eigenvalue weighted by Crippen LogP contribution is 2.21. The Bertz CT molecular complexity index is 645. The van der Waals surface area contributed by atoms with Crippen LogP contribution in [0.5, 0.6) is 0 Å². The number of benzene rings is 1. The van der Waals surface area contributed by atoms with Crippen molar-refractivity contribution in [2.24, 2.45) is 5.14 Å². The maximum Gasteiger partial charge on any atom is 0.338 e. The molecule has 116 valence electrons. The number of esters is 1. The zero-order valence-electron chi connectivity index (χ0n) is 11.3. The fraction of sp³-hybridized carbons (Fsp3) is 0.333. The van der Waals surface area contributed by atoms with Crippen LogP contribution >= 0.6 is 11.6 Å². The first-order chi connectivity index (χ1) is 9.75. The molecular weight excluding hydrogens is 320 g/mol. The lowest BCUT2D eigenvalue weighted by atomic mass is 10.2. The maximum absolute atomic E-state index is 11.7. The molecule has 21 heavy (non-hydrogen) atoms. The molecular formula is C12H15ClN2O5S. The molecule has 0 unspecified atom stereocenters. The predicted molar refractivity (Wildman–Crippen MR) is 76.4 cm³/mol. The highest BCUT2D eigenvalue weighted by molar-refractivity contribution is 7.89. The number of nitrogens with two attached hydrogens (primary N) is 1. The molecule has 0 spiro atoms. The van der Waals surface area contributed by atoms with Crippen molar-refractivity contribution in [3.63, 3.8) is 0 Å². The Balaban J connectivity index is 2.78. The molecule has 0 aliphatic carbocycles. The summed E-state index contributed by atoms with van der Waals surface area (Å²) < 4.78 is 27.3. The topological polar surface area (TPSA) is 116 Å². The van der Waals surface area contributed by atoms with Crippen molar-refractivity contribution in [2.45, 2.75) is 18.2 Å². The molecule has 0 fully saturated rings. The number of primary sulfonamides is 1. The van der Waals surface area contributed by atoms with E-state index in [4.69, 9.17) is 21.5 Å². The number of nitrogens with one attached hydrogen (secondary N) is 1. The number of hydrogen-bond acceptors (Lipinski definition) is 5. The number of ether oxygens (including phenoxy) is 1. The van der Waals surface area contributed by atoms with Crippen molar-refractivity contribution < 1.29 is 22.7 Å². The lowest BCUT2D eigenvalue weighted by Crippen LogP contribution is -2.29. The van der Waals surface area contributed by atoms with Gasteiger partial charge in [0.2, 0.25) is 10.0 Å². The zero-order valence-corrected chi connectivity index (χ0v) is 12.8. The van der Waals surface area contributed by atoms with Gasteiger partial charge >= 0.3 is 5.97 Å². The van der Waals surface area contributed by atoms with E-state index in [9.17, 15) is 18.0 Å². The van der Waals surface area contributed by atoms with Crippen LogP contribution in [0.25, 0.3) is 0 Å². The summed E-state index contributed by atoms with van der Waals surface area (Å²) in [7, 11) is -4.05. The minimum Gasteiger partial charge on any atom is -0.452 e. The largest absolute Gasteiger partial charge is 0.452 e. The molecule has 1 aromatic carbocycles. The molecule has 0 saturated carbocycles. The van der Waals surface area contributed by atoms with Crippen LogP contribution in [0.1, 0.15) is 23.7 Å². The van der Waals surface area contributed by atoms with E-state index in [0.29, 0.717) is 6.54 Å². The van der Waals surface area contributed by atoms with E-state index < -0.39 is 28.5 Å². The van der Waals surface area contributed by atoms with E-state index in [0.717, 1.165) is 12.5 Å². The number of halogens is 1. The molecule has 3 N–H and O–H groups in total. The Kier molecular flexibility index (Phi) is 6.13. The zero-order chi connectivity index (χ0) is 16.0. The molecule has 0 bridgehead atoms. The number of amides is 1. The van der Waals surface area contributed by atoms with Crippen LogP contribution in [-0.2, 0) is 19.6 Å². The first kappa shape index (κ1) is 17.4. The summed E-state index contributed by atoms with van der Waals surface area (Å²) in [5.41, 5.74) is -0.0632. The van der Waals surface area contributed by atoms with Crippen LogP contribution in [0.3, 0.4) is 0 Å². The van der Waals surface area contributed by atoms with Crippen molar-refractivity contribution in [3.05, 3.63) is 28.8 Å². The third-order valence-electron chi connectivity index (χ3n) is 2.38. The normalized spacial score (nSPS) is 11.0. The molecule has 0 aliphatic rings. The molecule has 1 rings (SSSR count). The average molecular weight is 335 g/mol. The quantitative estimate of drug-likeness (QED) is 0.742. The fourth-order valence-electron chi connectivity index (χ4n) is 1.38. The highest BCUT2D eigenvalue weighted by atomic mass is 35.5.